The van der Waals surface area contributed by atoms with Gasteiger partial charge in [-0.3, -0.25) is 14.5 Å². The maximum atomic E-state index is 11.9. The number of hydrogen-bond acceptors (Lipinski definition) is 4. The van der Waals surface area contributed by atoms with Crippen molar-refractivity contribution in [3.8, 4) is 0 Å². The smallest absolute Gasteiger partial charge is 0.325 e. The van der Waals surface area contributed by atoms with Crippen LogP contribution >= 0.6 is 12.4 Å². The molecular formula is C12H23ClN4O3. The van der Waals surface area contributed by atoms with Gasteiger partial charge in [-0.25, -0.2) is 4.79 Å². The minimum Gasteiger partial charge on any atom is -0.355 e. The van der Waals surface area contributed by atoms with Crippen LogP contribution in [0.25, 0.3) is 0 Å². The summed E-state index contributed by atoms with van der Waals surface area (Å²) in [5, 5.41) is 8.27. The van der Waals surface area contributed by atoms with Crippen LogP contribution in [-0.2, 0) is 9.59 Å². The fraction of sp³-hybridized carbons (Fsp3) is 0.750. The maximum Gasteiger partial charge on any atom is 0.325 e. The van der Waals surface area contributed by atoms with Gasteiger partial charge in [0.05, 0.1) is 0 Å². The summed E-state index contributed by atoms with van der Waals surface area (Å²) in [4.78, 5) is 36.0. The Morgan fingerprint density at radius 1 is 1.30 bits per heavy atom. The summed E-state index contributed by atoms with van der Waals surface area (Å²) in [6, 6.07) is -0.384. The largest absolute Gasteiger partial charge is 0.355 e. The van der Waals surface area contributed by atoms with Gasteiger partial charge in [-0.15, -0.1) is 12.4 Å². The van der Waals surface area contributed by atoms with E-state index in [-0.39, 0.29) is 36.8 Å². The molecule has 116 valence electrons. The van der Waals surface area contributed by atoms with Gasteiger partial charge >= 0.3 is 6.03 Å². The molecule has 0 saturated carbocycles. The number of likely N-dealkylation sites (N-methyl/N-ethyl adjacent to an activating group) is 1. The number of amides is 4. The van der Waals surface area contributed by atoms with Gasteiger partial charge in [0.2, 0.25) is 5.91 Å². The van der Waals surface area contributed by atoms with E-state index in [1.807, 2.05) is 7.05 Å². The second-order valence-electron chi connectivity index (χ2n) is 5.07. The first kappa shape index (κ1) is 18.7. The van der Waals surface area contributed by atoms with E-state index in [4.69, 9.17) is 0 Å². The van der Waals surface area contributed by atoms with Gasteiger partial charge in [0, 0.05) is 26.1 Å². The number of halogens is 1. The molecule has 1 saturated heterocycles. The van der Waals surface area contributed by atoms with E-state index in [9.17, 15) is 14.4 Å². The highest BCUT2D eigenvalue weighted by atomic mass is 35.5. The third-order valence-corrected chi connectivity index (χ3v) is 2.93. The zero-order valence-corrected chi connectivity index (χ0v) is 12.9. The van der Waals surface area contributed by atoms with E-state index >= 15 is 0 Å². The summed E-state index contributed by atoms with van der Waals surface area (Å²) in [6.45, 7) is 4.89. The number of carbonyl (C=O) groups excluding carboxylic acids is 3. The molecule has 1 heterocycles. The van der Waals surface area contributed by atoms with Crippen molar-refractivity contribution in [2.24, 2.45) is 0 Å². The van der Waals surface area contributed by atoms with Crippen LogP contribution in [0.2, 0.25) is 0 Å². The monoisotopic (exact) mass is 306 g/mol. The fourth-order valence-electron chi connectivity index (χ4n) is 1.83. The molecular weight excluding hydrogens is 284 g/mol. The van der Waals surface area contributed by atoms with E-state index in [0.29, 0.717) is 25.9 Å². The molecule has 0 radical (unpaired) electrons. The van der Waals surface area contributed by atoms with Crippen LogP contribution in [-0.4, -0.2) is 55.0 Å². The van der Waals surface area contributed by atoms with Crippen molar-refractivity contribution in [2.45, 2.75) is 32.2 Å². The SMILES string of the molecule is CNCCNC(=O)CCCN1C(=O)NC(C)(C)C1=O.Cl. The van der Waals surface area contributed by atoms with Crippen LogP contribution in [0.1, 0.15) is 26.7 Å². The Morgan fingerprint density at radius 2 is 1.95 bits per heavy atom. The molecule has 7 nitrogen and oxygen atoms in total. The van der Waals surface area contributed by atoms with Crippen LogP contribution in [0.15, 0.2) is 0 Å². The van der Waals surface area contributed by atoms with Gasteiger partial charge in [0.25, 0.3) is 5.91 Å². The Balaban J connectivity index is 0.00000361. The molecule has 1 rings (SSSR count). The zero-order chi connectivity index (χ0) is 14.5. The lowest BCUT2D eigenvalue weighted by molar-refractivity contribution is -0.130. The normalized spacial score (nSPS) is 16.6. The highest BCUT2D eigenvalue weighted by Crippen LogP contribution is 2.16. The lowest BCUT2D eigenvalue weighted by atomic mass is 10.1. The highest BCUT2D eigenvalue weighted by Gasteiger charge is 2.43. The standard InChI is InChI=1S/C12H22N4O3.ClH/c1-12(2)10(18)16(11(19)15-12)8-4-5-9(17)14-7-6-13-3;/h13H,4-8H2,1-3H3,(H,14,17)(H,15,19);1H. The predicted octanol–water partition coefficient (Wildman–Crippen LogP) is -0.146. The molecule has 0 aromatic rings. The van der Waals surface area contributed by atoms with Gasteiger partial charge in [0.1, 0.15) is 5.54 Å². The minimum absolute atomic E-state index is 0. The molecule has 0 aromatic heterocycles. The van der Waals surface area contributed by atoms with Crippen molar-refractivity contribution in [1.29, 1.82) is 0 Å². The first-order valence-corrected chi connectivity index (χ1v) is 6.44. The molecule has 1 fully saturated rings. The molecule has 20 heavy (non-hydrogen) atoms. The lowest BCUT2D eigenvalue weighted by Gasteiger charge is -2.15. The summed E-state index contributed by atoms with van der Waals surface area (Å²) in [6.07, 6.45) is 0.780. The lowest BCUT2D eigenvalue weighted by Crippen LogP contribution is -2.40. The average molecular weight is 307 g/mol. The Hall–Kier alpha value is -1.34. The number of rotatable bonds is 7. The van der Waals surface area contributed by atoms with Crippen molar-refractivity contribution in [2.75, 3.05) is 26.7 Å². The van der Waals surface area contributed by atoms with E-state index in [1.54, 1.807) is 13.8 Å². The first-order chi connectivity index (χ1) is 8.88. The Kier molecular flexibility index (Phi) is 7.52. The molecule has 1 aliphatic rings. The van der Waals surface area contributed by atoms with Crippen molar-refractivity contribution >= 4 is 30.3 Å². The fourth-order valence-corrected chi connectivity index (χ4v) is 1.83. The number of hydrogen-bond donors (Lipinski definition) is 3. The zero-order valence-electron chi connectivity index (χ0n) is 12.1. The Labute approximate surface area is 125 Å². The summed E-state index contributed by atoms with van der Waals surface area (Å²) < 4.78 is 0. The first-order valence-electron chi connectivity index (χ1n) is 6.44. The third kappa shape index (κ3) is 4.97. The molecule has 3 N–H and O–H groups in total. The number of nitrogens with one attached hydrogen (secondary N) is 3. The van der Waals surface area contributed by atoms with E-state index in [1.165, 1.54) is 4.90 Å². The molecule has 0 aromatic carbocycles. The van der Waals surface area contributed by atoms with Gasteiger partial charge in [0.15, 0.2) is 0 Å². The van der Waals surface area contributed by atoms with Crippen LogP contribution in [0.5, 0.6) is 0 Å². The molecule has 0 atom stereocenters. The summed E-state index contributed by atoms with van der Waals surface area (Å²) >= 11 is 0. The van der Waals surface area contributed by atoms with Gasteiger partial charge in [-0.05, 0) is 27.3 Å². The Morgan fingerprint density at radius 3 is 2.45 bits per heavy atom. The van der Waals surface area contributed by atoms with Gasteiger partial charge < -0.3 is 16.0 Å². The molecule has 0 bridgehead atoms. The second-order valence-corrected chi connectivity index (χ2v) is 5.07. The summed E-state index contributed by atoms with van der Waals surface area (Å²) in [5.74, 6) is -0.311. The number of imide groups is 1. The maximum absolute atomic E-state index is 11.9. The van der Waals surface area contributed by atoms with Crippen LogP contribution in [0, 0.1) is 0 Å². The number of carbonyl (C=O) groups is 3. The Bertz CT molecular complexity index is 374. The van der Waals surface area contributed by atoms with E-state index in [2.05, 4.69) is 16.0 Å². The second kappa shape index (κ2) is 8.06. The minimum atomic E-state index is -0.841. The highest BCUT2D eigenvalue weighted by molar-refractivity contribution is 6.06. The number of urea groups is 1. The molecule has 1 aliphatic heterocycles. The molecule has 4 amide bonds. The number of nitrogens with zero attached hydrogens (tertiary/aromatic N) is 1. The molecule has 0 aliphatic carbocycles. The van der Waals surface area contributed by atoms with E-state index < -0.39 is 5.54 Å². The molecule has 8 heteroatoms. The predicted molar refractivity (Wildman–Crippen MR) is 77.7 cm³/mol. The van der Waals surface area contributed by atoms with Crippen molar-refractivity contribution in [1.82, 2.24) is 20.9 Å². The summed E-state index contributed by atoms with van der Waals surface area (Å²) in [7, 11) is 1.81. The quantitative estimate of drug-likeness (QED) is 0.451. The van der Waals surface area contributed by atoms with E-state index in [0.717, 1.165) is 0 Å². The van der Waals surface area contributed by atoms with Crippen LogP contribution < -0.4 is 16.0 Å². The van der Waals surface area contributed by atoms with Crippen molar-refractivity contribution in [3.05, 3.63) is 0 Å². The van der Waals surface area contributed by atoms with Crippen molar-refractivity contribution < 1.29 is 14.4 Å². The average Bonchev–Trinajstić information content (AvgIpc) is 2.51. The van der Waals surface area contributed by atoms with Crippen LogP contribution in [0.3, 0.4) is 0 Å². The van der Waals surface area contributed by atoms with Crippen LogP contribution in [0.4, 0.5) is 4.79 Å². The summed E-state index contributed by atoms with van der Waals surface area (Å²) in [5.41, 5.74) is -0.841. The van der Waals surface area contributed by atoms with Gasteiger partial charge in [-0.2, -0.15) is 0 Å². The van der Waals surface area contributed by atoms with Gasteiger partial charge in [-0.1, -0.05) is 0 Å². The van der Waals surface area contributed by atoms with Crippen molar-refractivity contribution in [3.63, 3.8) is 0 Å². The topological polar surface area (TPSA) is 90.5 Å². The molecule has 0 spiro atoms. The third-order valence-electron chi connectivity index (χ3n) is 2.93. The molecule has 0 unspecified atom stereocenters.